The van der Waals surface area contributed by atoms with E-state index < -0.39 is 0 Å². The van der Waals surface area contributed by atoms with Crippen LogP contribution in [0.4, 0.5) is 0 Å². The molecule has 2 aliphatic rings. The lowest BCUT2D eigenvalue weighted by Gasteiger charge is -2.35. The number of rotatable bonds is 0. The number of nitrogens with one attached hydrogen (secondary N) is 1. The Morgan fingerprint density at radius 2 is 2.15 bits per heavy atom. The number of amides is 1. The van der Waals surface area contributed by atoms with Crippen molar-refractivity contribution in [1.29, 1.82) is 0 Å². The molecule has 2 rings (SSSR count). The predicted octanol–water partition coefficient (Wildman–Crippen LogP) is 0.444. The van der Waals surface area contributed by atoms with Crippen LogP contribution >= 0.6 is 12.2 Å². The molecule has 0 radical (unpaired) electrons. The summed E-state index contributed by atoms with van der Waals surface area (Å²) in [4.78, 5) is 13.2. The lowest BCUT2D eigenvalue weighted by Crippen LogP contribution is -2.57. The summed E-state index contributed by atoms with van der Waals surface area (Å²) < 4.78 is 0. The van der Waals surface area contributed by atoms with Gasteiger partial charge in [0.2, 0.25) is 5.91 Å². The van der Waals surface area contributed by atoms with Crippen LogP contribution in [-0.2, 0) is 4.79 Å². The van der Waals surface area contributed by atoms with E-state index in [0.717, 1.165) is 0 Å². The zero-order valence-electron chi connectivity index (χ0n) is 7.23. The molecule has 1 saturated heterocycles. The second-order valence-electron chi connectivity index (χ2n) is 3.17. The molecule has 1 aliphatic heterocycles. The molecule has 0 saturated carbocycles. The molecule has 0 spiro atoms. The Morgan fingerprint density at radius 1 is 1.46 bits per heavy atom. The number of hydrogen-bond acceptors (Lipinski definition) is 2. The molecule has 0 unspecified atom stereocenters. The molecule has 13 heavy (non-hydrogen) atoms. The molecule has 1 heterocycles. The Balaban J connectivity index is 2.29. The average Bonchev–Trinajstić information content (AvgIpc) is 2.15. The van der Waals surface area contributed by atoms with Crippen LogP contribution in [0.1, 0.15) is 0 Å². The maximum absolute atomic E-state index is 11.7. The number of carbonyl (C=O) groups is 1. The Labute approximate surface area is 82.1 Å². The highest BCUT2D eigenvalue weighted by molar-refractivity contribution is 7.80. The van der Waals surface area contributed by atoms with Crippen LogP contribution in [0.2, 0.25) is 0 Å². The first-order valence-corrected chi connectivity index (χ1v) is 4.54. The van der Waals surface area contributed by atoms with Crippen LogP contribution in [0.15, 0.2) is 24.3 Å². The molecule has 1 N–H and O–H groups in total. The van der Waals surface area contributed by atoms with Crippen molar-refractivity contribution in [2.45, 2.75) is 6.04 Å². The zero-order valence-corrected chi connectivity index (χ0v) is 8.04. The molecule has 1 aliphatic carbocycles. The van der Waals surface area contributed by atoms with Gasteiger partial charge in [-0.25, -0.2) is 0 Å². The van der Waals surface area contributed by atoms with E-state index in [-0.39, 0.29) is 17.9 Å². The first-order valence-electron chi connectivity index (χ1n) is 4.13. The van der Waals surface area contributed by atoms with Gasteiger partial charge in [0.15, 0.2) is 5.11 Å². The highest BCUT2D eigenvalue weighted by Crippen LogP contribution is 2.19. The van der Waals surface area contributed by atoms with Crippen LogP contribution in [0.25, 0.3) is 0 Å². The van der Waals surface area contributed by atoms with Gasteiger partial charge in [0.1, 0.15) is 0 Å². The first-order chi connectivity index (χ1) is 6.20. The van der Waals surface area contributed by atoms with Gasteiger partial charge < -0.3 is 5.32 Å². The standard InChI is InChI=1S/C9H10N2OS/c1-11-8(12)6-4-2-3-5-7(6)10-9(11)13/h2-7H,1H3,(H,10,13)/t6-,7+/m1/s1. The largest absolute Gasteiger partial charge is 0.355 e. The van der Waals surface area contributed by atoms with Gasteiger partial charge in [-0.3, -0.25) is 9.69 Å². The maximum Gasteiger partial charge on any atom is 0.237 e. The van der Waals surface area contributed by atoms with Gasteiger partial charge in [-0.05, 0) is 12.2 Å². The van der Waals surface area contributed by atoms with Gasteiger partial charge in [0, 0.05) is 7.05 Å². The highest BCUT2D eigenvalue weighted by Gasteiger charge is 2.34. The van der Waals surface area contributed by atoms with Crippen LogP contribution in [0.5, 0.6) is 0 Å². The molecule has 1 amide bonds. The summed E-state index contributed by atoms with van der Waals surface area (Å²) in [6, 6.07) is 0.0428. The quantitative estimate of drug-likeness (QED) is 0.568. The molecule has 4 heteroatoms. The molecule has 0 aromatic heterocycles. The lowest BCUT2D eigenvalue weighted by molar-refractivity contribution is -0.130. The number of fused-ring (bicyclic) bond motifs is 1. The van der Waals surface area contributed by atoms with Crippen molar-refractivity contribution < 1.29 is 4.79 Å². The van der Waals surface area contributed by atoms with Gasteiger partial charge in [-0.2, -0.15) is 0 Å². The van der Waals surface area contributed by atoms with Crippen LogP contribution < -0.4 is 5.32 Å². The highest BCUT2D eigenvalue weighted by atomic mass is 32.1. The third-order valence-corrected chi connectivity index (χ3v) is 2.74. The summed E-state index contributed by atoms with van der Waals surface area (Å²) in [6.07, 6.45) is 7.68. The van der Waals surface area contributed by atoms with E-state index in [9.17, 15) is 4.79 Å². The Hall–Kier alpha value is -1.16. The normalized spacial score (nSPS) is 31.6. The number of thiocarbonyl (C=S) groups is 1. The Bertz CT molecular complexity index is 322. The monoisotopic (exact) mass is 194 g/mol. The van der Waals surface area contributed by atoms with E-state index in [0.29, 0.717) is 5.11 Å². The molecule has 0 bridgehead atoms. The fourth-order valence-corrected chi connectivity index (χ4v) is 1.77. The summed E-state index contributed by atoms with van der Waals surface area (Å²) in [6.45, 7) is 0. The Kier molecular flexibility index (Phi) is 1.92. The number of nitrogens with zero attached hydrogens (tertiary/aromatic N) is 1. The van der Waals surface area contributed by atoms with Crippen molar-refractivity contribution in [1.82, 2.24) is 10.2 Å². The minimum Gasteiger partial charge on any atom is -0.355 e. The van der Waals surface area contributed by atoms with Crippen molar-refractivity contribution in [3.05, 3.63) is 24.3 Å². The van der Waals surface area contributed by atoms with Crippen molar-refractivity contribution >= 4 is 23.2 Å². The molecule has 2 atom stereocenters. The van der Waals surface area contributed by atoms with Gasteiger partial charge >= 0.3 is 0 Å². The second kappa shape index (κ2) is 2.96. The van der Waals surface area contributed by atoms with Gasteiger partial charge in [-0.15, -0.1) is 0 Å². The first kappa shape index (κ1) is 8.44. The van der Waals surface area contributed by atoms with E-state index in [1.807, 2.05) is 24.3 Å². The summed E-state index contributed by atoms with van der Waals surface area (Å²) in [7, 11) is 1.69. The van der Waals surface area contributed by atoms with Gasteiger partial charge in [-0.1, -0.05) is 24.3 Å². The summed E-state index contributed by atoms with van der Waals surface area (Å²) in [5.41, 5.74) is 0. The molecule has 68 valence electrons. The van der Waals surface area contributed by atoms with E-state index >= 15 is 0 Å². The third kappa shape index (κ3) is 1.27. The summed E-state index contributed by atoms with van der Waals surface area (Å²) in [5.74, 6) is -0.0314. The lowest BCUT2D eigenvalue weighted by atomic mass is 9.92. The zero-order chi connectivity index (χ0) is 9.42. The molecular formula is C9H10N2OS. The minimum absolute atomic E-state index is 0.0428. The van der Waals surface area contributed by atoms with E-state index in [2.05, 4.69) is 5.32 Å². The topological polar surface area (TPSA) is 32.3 Å². The van der Waals surface area contributed by atoms with Crippen molar-refractivity contribution in [2.75, 3.05) is 7.05 Å². The molecule has 1 fully saturated rings. The fourth-order valence-electron chi connectivity index (χ4n) is 1.54. The van der Waals surface area contributed by atoms with Gasteiger partial charge in [0.05, 0.1) is 12.0 Å². The third-order valence-electron chi connectivity index (χ3n) is 2.35. The average molecular weight is 194 g/mol. The van der Waals surface area contributed by atoms with Crippen molar-refractivity contribution in [3.8, 4) is 0 Å². The van der Waals surface area contributed by atoms with Crippen LogP contribution in [0, 0.1) is 5.92 Å². The van der Waals surface area contributed by atoms with E-state index in [1.165, 1.54) is 4.90 Å². The summed E-state index contributed by atoms with van der Waals surface area (Å²) in [5, 5.41) is 3.60. The second-order valence-corrected chi connectivity index (χ2v) is 3.55. The molecule has 0 aromatic rings. The number of hydrogen-bond donors (Lipinski definition) is 1. The minimum atomic E-state index is -0.0956. The number of allylic oxidation sites excluding steroid dienone is 2. The van der Waals surface area contributed by atoms with Crippen LogP contribution in [-0.4, -0.2) is 29.0 Å². The maximum atomic E-state index is 11.7. The van der Waals surface area contributed by atoms with Crippen molar-refractivity contribution in [3.63, 3.8) is 0 Å². The summed E-state index contributed by atoms with van der Waals surface area (Å²) >= 11 is 5.01. The fraction of sp³-hybridized carbons (Fsp3) is 0.333. The van der Waals surface area contributed by atoms with Crippen LogP contribution in [0.3, 0.4) is 0 Å². The predicted molar refractivity (Wildman–Crippen MR) is 54.1 cm³/mol. The smallest absolute Gasteiger partial charge is 0.237 e. The van der Waals surface area contributed by atoms with Gasteiger partial charge in [0.25, 0.3) is 0 Å². The van der Waals surface area contributed by atoms with E-state index in [4.69, 9.17) is 12.2 Å². The molecule has 3 nitrogen and oxygen atoms in total. The van der Waals surface area contributed by atoms with E-state index in [1.54, 1.807) is 7.05 Å². The Morgan fingerprint density at radius 3 is 2.92 bits per heavy atom. The molecular weight excluding hydrogens is 184 g/mol. The number of carbonyl (C=O) groups excluding carboxylic acids is 1. The SMILES string of the molecule is CN1C(=O)[C@@H]2C=CC=C[C@@H]2NC1=S. The van der Waals surface area contributed by atoms with Crippen molar-refractivity contribution in [2.24, 2.45) is 5.92 Å². The molecule has 0 aromatic carbocycles.